The Morgan fingerprint density at radius 2 is 1.94 bits per heavy atom. The number of aryl methyl sites for hydroxylation is 3. The average Bonchev–Trinajstić information content (AvgIpc) is 3.17. The van der Waals surface area contributed by atoms with E-state index in [0.29, 0.717) is 21.9 Å². The molecule has 0 unspecified atom stereocenters. The van der Waals surface area contributed by atoms with Gasteiger partial charge in [0.25, 0.3) is 5.56 Å². The van der Waals surface area contributed by atoms with Crippen molar-refractivity contribution in [3.8, 4) is 11.4 Å². The number of benzene rings is 2. The van der Waals surface area contributed by atoms with Crippen LogP contribution >= 0.6 is 22.9 Å². The lowest BCUT2D eigenvalue weighted by Crippen LogP contribution is -2.30. The molecule has 0 fully saturated rings. The number of thiophene rings is 1. The van der Waals surface area contributed by atoms with Gasteiger partial charge in [0.1, 0.15) is 17.2 Å². The third-order valence-corrected chi connectivity index (χ3v) is 7.29. The van der Waals surface area contributed by atoms with Crippen LogP contribution in [0.2, 0.25) is 5.02 Å². The first-order chi connectivity index (χ1) is 15.5. The first kappa shape index (κ1) is 20.9. The van der Waals surface area contributed by atoms with Crippen molar-refractivity contribution in [2.45, 2.75) is 39.2 Å². The largest absolute Gasteiger partial charge is 0.324 e. The van der Waals surface area contributed by atoms with Crippen LogP contribution in [0.4, 0.5) is 5.69 Å². The van der Waals surface area contributed by atoms with Gasteiger partial charge in [-0.25, -0.2) is 4.98 Å². The molecule has 5 rings (SSSR count). The Bertz CT molecular complexity index is 1390. The Morgan fingerprint density at radius 1 is 1.16 bits per heavy atom. The zero-order chi connectivity index (χ0) is 22.2. The number of amides is 1. The molecular weight excluding hydrogens is 442 g/mol. The van der Waals surface area contributed by atoms with Crippen LogP contribution < -0.4 is 10.9 Å². The van der Waals surface area contributed by atoms with Crippen LogP contribution in [0.3, 0.4) is 0 Å². The van der Waals surface area contributed by atoms with Crippen molar-refractivity contribution in [3.63, 3.8) is 0 Å². The van der Waals surface area contributed by atoms with Gasteiger partial charge in [-0.1, -0.05) is 41.9 Å². The van der Waals surface area contributed by atoms with Gasteiger partial charge in [0, 0.05) is 21.2 Å². The summed E-state index contributed by atoms with van der Waals surface area (Å²) < 4.78 is 1.51. The summed E-state index contributed by atoms with van der Waals surface area (Å²) >= 11 is 7.65. The predicted molar refractivity (Wildman–Crippen MR) is 131 cm³/mol. The molecule has 1 amide bonds. The van der Waals surface area contributed by atoms with Crippen LogP contribution in [0.15, 0.2) is 53.3 Å². The number of halogens is 1. The molecule has 5 nitrogen and oxygen atoms in total. The molecule has 0 bridgehead atoms. The minimum Gasteiger partial charge on any atom is -0.324 e. The van der Waals surface area contributed by atoms with Crippen LogP contribution in [0.1, 0.15) is 28.8 Å². The molecule has 0 saturated carbocycles. The predicted octanol–water partition coefficient (Wildman–Crippen LogP) is 5.60. The first-order valence-corrected chi connectivity index (χ1v) is 11.9. The Morgan fingerprint density at radius 3 is 2.72 bits per heavy atom. The van der Waals surface area contributed by atoms with E-state index in [-0.39, 0.29) is 18.0 Å². The first-order valence-electron chi connectivity index (χ1n) is 10.7. The Kier molecular flexibility index (Phi) is 5.57. The Labute approximate surface area is 194 Å². The van der Waals surface area contributed by atoms with Crippen molar-refractivity contribution in [1.29, 1.82) is 0 Å². The molecular formula is C25H22ClN3O2S. The van der Waals surface area contributed by atoms with E-state index in [0.717, 1.165) is 47.2 Å². The van der Waals surface area contributed by atoms with Gasteiger partial charge in [-0.05, 0) is 61.9 Å². The molecule has 2 heterocycles. The average molecular weight is 464 g/mol. The standard InChI is InChI=1S/C25H22ClN3O2S/c1-15-13-17(26)11-12-19(15)27-21(30)14-29-23(16-7-3-2-4-8-16)28-24-22(25(29)31)18-9-5-6-10-20(18)32-24/h2-4,7-8,11-13H,5-6,9-10,14H2,1H3,(H,27,30). The highest BCUT2D eigenvalue weighted by molar-refractivity contribution is 7.18. The third-order valence-electron chi connectivity index (χ3n) is 5.87. The van der Waals surface area contributed by atoms with E-state index in [2.05, 4.69) is 5.32 Å². The van der Waals surface area contributed by atoms with Crippen LogP contribution in [0, 0.1) is 6.92 Å². The molecule has 0 spiro atoms. The topological polar surface area (TPSA) is 64.0 Å². The van der Waals surface area contributed by atoms with Gasteiger partial charge in [0.05, 0.1) is 5.39 Å². The van der Waals surface area contributed by atoms with Crippen molar-refractivity contribution in [1.82, 2.24) is 9.55 Å². The molecule has 0 radical (unpaired) electrons. The highest BCUT2D eigenvalue weighted by atomic mass is 35.5. The maximum absolute atomic E-state index is 13.7. The van der Waals surface area contributed by atoms with E-state index in [9.17, 15) is 9.59 Å². The maximum Gasteiger partial charge on any atom is 0.263 e. The van der Waals surface area contributed by atoms with Gasteiger partial charge in [0.2, 0.25) is 5.91 Å². The van der Waals surface area contributed by atoms with Gasteiger partial charge < -0.3 is 5.32 Å². The summed E-state index contributed by atoms with van der Waals surface area (Å²) in [6, 6.07) is 14.9. The number of rotatable bonds is 4. The minimum absolute atomic E-state index is 0.112. The van der Waals surface area contributed by atoms with Crippen molar-refractivity contribution in [2.75, 3.05) is 5.32 Å². The highest BCUT2D eigenvalue weighted by Crippen LogP contribution is 2.34. The second kappa shape index (κ2) is 8.52. The number of carbonyl (C=O) groups is 1. The molecule has 7 heteroatoms. The molecule has 2 aromatic heterocycles. The smallest absolute Gasteiger partial charge is 0.263 e. The Hall–Kier alpha value is -2.96. The summed E-state index contributed by atoms with van der Waals surface area (Å²) in [5.41, 5.74) is 3.33. The molecule has 1 aliphatic carbocycles. The SMILES string of the molecule is Cc1cc(Cl)ccc1NC(=O)Cn1c(-c2ccccc2)nc2sc3c(c2c1=O)CCCC3. The van der Waals surface area contributed by atoms with E-state index < -0.39 is 0 Å². The number of fused-ring (bicyclic) bond motifs is 3. The van der Waals surface area contributed by atoms with E-state index >= 15 is 0 Å². The number of anilines is 1. The van der Waals surface area contributed by atoms with E-state index in [1.807, 2.05) is 37.3 Å². The molecule has 0 atom stereocenters. The van der Waals surface area contributed by atoms with Crippen LogP contribution in [0.25, 0.3) is 21.6 Å². The van der Waals surface area contributed by atoms with Gasteiger partial charge in [0.15, 0.2) is 0 Å². The number of hydrogen-bond acceptors (Lipinski definition) is 4. The fourth-order valence-corrected chi connectivity index (χ4v) is 5.77. The second-order valence-electron chi connectivity index (χ2n) is 8.09. The quantitative estimate of drug-likeness (QED) is 0.428. The zero-order valence-electron chi connectivity index (χ0n) is 17.7. The van der Waals surface area contributed by atoms with Crippen LogP contribution in [-0.2, 0) is 24.2 Å². The number of nitrogens with one attached hydrogen (secondary N) is 1. The molecule has 32 heavy (non-hydrogen) atoms. The lowest BCUT2D eigenvalue weighted by Gasteiger charge is -2.15. The number of aromatic nitrogens is 2. The maximum atomic E-state index is 13.7. The molecule has 0 saturated heterocycles. The lowest BCUT2D eigenvalue weighted by molar-refractivity contribution is -0.116. The lowest BCUT2D eigenvalue weighted by atomic mass is 9.97. The summed E-state index contributed by atoms with van der Waals surface area (Å²) in [6.45, 7) is 1.77. The zero-order valence-corrected chi connectivity index (χ0v) is 19.2. The highest BCUT2D eigenvalue weighted by Gasteiger charge is 2.23. The Balaban J connectivity index is 1.60. The molecule has 162 valence electrons. The minimum atomic E-state index is -0.278. The van der Waals surface area contributed by atoms with Crippen molar-refractivity contribution in [2.24, 2.45) is 0 Å². The fourth-order valence-electron chi connectivity index (χ4n) is 4.29. The molecule has 4 aromatic rings. The summed E-state index contributed by atoms with van der Waals surface area (Å²) in [4.78, 5) is 33.6. The number of nitrogens with zero attached hydrogens (tertiary/aromatic N) is 2. The monoisotopic (exact) mass is 463 g/mol. The summed E-state index contributed by atoms with van der Waals surface area (Å²) in [5, 5.41) is 4.21. The van der Waals surface area contributed by atoms with Crippen molar-refractivity contribution in [3.05, 3.63) is 79.9 Å². The van der Waals surface area contributed by atoms with Gasteiger partial charge in [-0.2, -0.15) is 0 Å². The normalized spacial score (nSPS) is 13.2. The van der Waals surface area contributed by atoms with E-state index in [1.165, 1.54) is 9.44 Å². The van der Waals surface area contributed by atoms with Crippen LogP contribution in [0.5, 0.6) is 0 Å². The van der Waals surface area contributed by atoms with E-state index in [4.69, 9.17) is 16.6 Å². The molecule has 2 aromatic carbocycles. The van der Waals surface area contributed by atoms with Crippen molar-refractivity contribution >= 4 is 44.7 Å². The van der Waals surface area contributed by atoms with E-state index in [1.54, 1.807) is 29.5 Å². The third kappa shape index (κ3) is 3.85. The van der Waals surface area contributed by atoms with Crippen molar-refractivity contribution < 1.29 is 4.79 Å². The molecule has 1 aliphatic rings. The van der Waals surface area contributed by atoms with Crippen LogP contribution in [-0.4, -0.2) is 15.5 Å². The molecule has 1 N–H and O–H groups in total. The summed E-state index contributed by atoms with van der Waals surface area (Å²) in [6.07, 6.45) is 4.11. The molecule has 0 aliphatic heterocycles. The number of carbonyl (C=O) groups excluding carboxylic acids is 1. The summed E-state index contributed by atoms with van der Waals surface area (Å²) in [7, 11) is 0. The van der Waals surface area contributed by atoms with Gasteiger partial charge >= 0.3 is 0 Å². The summed E-state index contributed by atoms with van der Waals surface area (Å²) in [5.74, 6) is 0.240. The van der Waals surface area contributed by atoms with Gasteiger partial charge in [-0.3, -0.25) is 14.2 Å². The number of hydrogen-bond donors (Lipinski definition) is 1. The fraction of sp³-hybridized carbons (Fsp3) is 0.240. The van der Waals surface area contributed by atoms with Gasteiger partial charge in [-0.15, -0.1) is 11.3 Å². The second-order valence-corrected chi connectivity index (χ2v) is 9.61.